The summed E-state index contributed by atoms with van der Waals surface area (Å²) in [6, 6.07) is 7.75. The largest absolute Gasteiger partial charge is 0.425 e. The van der Waals surface area contributed by atoms with Gasteiger partial charge in [0, 0.05) is 24.6 Å². The van der Waals surface area contributed by atoms with Gasteiger partial charge in [-0.25, -0.2) is 4.98 Å². The third-order valence-corrected chi connectivity index (χ3v) is 5.41. The second-order valence-corrected chi connectivity index (χ2v) is 6.94. The van der Waals surface area contributed by atoms with Crippen molar-refractivity contribution >= 4 is 5.91 Å². The topological polar surface area (TPSA) is 67.6 Å². The number of nitrogens with zero attached hydrogens (tertiary/aromatic N) is 2. The van der Waals surface area contributed by atoms with E-state index in [4.69, 9.17) is 9.15 Å². The molecule has 5 rings (SSSR count). The van der Waals surface area contributed by atoms with E-state index in [1.807, 2.05) is 0 Å². The Morgan fingerprint density at radius 1 is 1.28 bits per heavy atom. The Labute approximate surface area is 147 Å². The molecule has 4 heterocycles. The van der Waals surface area contributed by atoms with Crippen LogP contribution in [0.5, 0.6) is 11.7 Å². The van der Waals surface area contributed by atoms with Gasteiger partial charge in [-0.1, -0.05) is 0 Å². The van der Waals surface area contributed by atoms with Crippen molar-refractivity contribution in [3.05, 3.63) is 41.9 Å². The van der Waals surface area contributed by atoms with E-state index in [0.717, 1.165) is 13.1 Å². The molecule has 1 amide bonds. The highest BCUT2D eigenvalue weighted by Crippen LogP contribution is 2.32. The second-order valence-electron chi connectivity index (χ2n) is 6.94. The van der Waals surface area contributed by atoms with Crippen LogP contribution in [0.15, 0.2) is 34.9 Å². The number of amides is 1. The van der Waals surface area contributed by atoms with Crippen LogP contribution in [-0.2, 0) is 0 Å². The zero-order chi connectivity index (χ0) is 17.4. The van der Waals surface area contributed by atoms with E-state index in [2.05, 4.69) is 22.1 Å². The smallest absolute Gasteiger partial charge is 0.310 e. The number of piperidine rings is 3. The molecule has 6 heteroatoms. The first-order valence-corrected chi connectivity index (χ1v) is 8.85. The summed E-state index contributed by atoms with van der Waals surface area (Å²) in [5.74, 6) is 2.09. The molecule has 132 valence electrons. The highest BCUT2D eigenvalue weighted by molar-refractivity contribution is 5.94. The lowest BCUT2D eigenvalue weighted by molar-refractivity contribution is 0.0217. The van der Waals surface area contributed by atoms with Gasteiger partial charge in [-0.3, -0.25) is 9.69 Å². The maximum Gasteiger partial charge on any atom is 0.310 e. The van der Waals surface area contributed by atoms with Crippen molar-refractivity contribution in [3.8, 4) is 11.7 Å². The summed E-state index contributed by atoms with van der Waals surface area (Å²) in [5, 5.41) is 3.24. The van der Waals surface area contributed by atoms with E-state index in [9.17, 15) is 4.79 Å². The van der Waals surface area contributed by atoms with Gasteiger partial charge >= 0.3 is 5.95 Å². The van der Waals surface area contributed by atoms with Gasteiger partial charge < -0.3 is 14.5 Å². The number of aryl methyl sites for hydroxylation is 1. The molecule has 0 saturated carbocycles. The highest BCUT2D eigenvalue weighted by Gasteiger charge is 2.40. The van der Waals surface area contributed by atoms with Gasteiger partial charge in [-0.2, -0.15) is 0 Å². The Kier molecular flexibility index (Phi) is 4.21. The fourth-order valence-electron chi connectivity index (χ4n) is 3.96. The van der Waals surface area contributed by atoms with Gasteiger partial charge in [0.05, 0.1) is 0 Å². The molecule has 6 nitrogen and oxygen atoms in total. The molecule has 1 aromatic heterocycles. The monoisotopic (exact) mass is 341 g/mol. The zero-order valence-corrected chi connectivity index (χ0v) is 14.6. The molecule has 0 spiro atoms. The number of aromatic nitrogens is 1. The number of carbonyl (C=O) groups is 1. The molecule has 3 aliphatic rings. The number of benzene rings is 1. The van der Waals surface area contributed by atoms with E-state index < -0.39 is 0 Å². The predicted octanol–water partition coefficient (Wildman–Crippen LogP) is 2.99. The summed E-state index contributed by atoms with van der Waals surface area (Å²) in [4.78, 5) is 19.1. The first-order valence-electron chi connectivity index (χ1n) is 8.85. The quantitative estimate of drug-likeness (QED) is 0.926. The van der Waals surface area contributed by atoms with Gasteiger partial charge in [-0.15, -0.1) is 0 Å². The van der Waals surface area contributed by atoms with Crippen molar-refractivity contribution in [2.24, 2.45) is 5.92 Å². The van der Waals surface area contributed by atoms with Crippen molar-refractivity contribution in [3.63, 3.8) is 0 Å². The lowest BCUT2D eigenvalue weighted by atomic mass is 9.79. The Bertz CT molecular complexity index is 746. The Balaban J connectivity index is 1.40. The van der Waals surface area contributed by atoms with Gasteiger partial charge in [-0.05, 0) is 63.0 Å². The van der Waals surface area contributed by atoms with Crippen molar-refractivity contribution in [1.82, 2.24) is 15.2 Å². The van der Waals surface area contributed by atoms with Crippen LogP contribution in [0.25, 0.3) is 0 Å². The summed E-state index contributed by atoms with van der Waals surface area (Å²) in [6.45, 7) is 6.29. The normalized spacial score (nSPS) is 27.9. The molecule has 0 radical (unpaired) electrons. The first kappa shape index (κ1) is 16.1. The fraction of sp³-hybridized carbons (Fsp3) is 0.474. The lowest BCUT2D eigenvalue weighted by Crippen LogP contribution is -2.62. The summed E-state index contributed by atoms with van der Waals surface area (Å²) >= 11 is 0. The molecule has 2 aromatic rings. The average molecular weight is 341 g/mol. The van der Waals surface area contributed by atoms with Crippen LogP contribution >= 0.6 is 0 Å². The lowest BCUT2D eigenvalue weighted by Gasteiger charge is -2.49. The van der Waals surface area contributed by atoms with Gasteiger partial charge in [0.2, 0.25) is 0 Å². The molecule has 3 fully saturated rings. The van der Waals surface area contributed by atoms with Crippen LogP contribution in [0.3, 0.4) is 0 Å². The van der Waals surface area contributed by atoms with Gasteiger partial charge in [0.25, 0.3) is 5.91 Å². The Morgan fingerprint density at radius 3 is 2.60 bits per heavy atom. The van der Waals surface area contributed by atoms with Gasteiger partial charge in [0.1, 0.15) is 11.9 Å². The van der Waals surface area contributed by atoms with Crippen molar-refractivity contribution in [1.29, 1.82) is 0 Å². The first-order chi connectivity index (χ1) is 12.1. The summed E-state index contributed by atoms with van der Waals surface area (Å²) in [6.07, 6.45) is 3.89. The number of hydrogen-bond donors (Lipinski definition) is 1. The molecule has 2 atom stereocenters. The molecular formula is C19H23N3O3. The standard InChI is InChI=1S/C19H23N3O3/c1-12-18(14-7-9-22(12)10-8-14)21-19(23)15-3-5-16(6-4-15)25-17-11-20-13(2)24-17/h3-6,11-12,14,18H,7-10H2,1-2H3,(H,21,23)/t12-,18-/m0/s1. The van der Waals surface area contributed by atoms with E-state index in [1.54, 1.807) is 31.2 Å². The predicted molar refractivity (Wildman–Crippen MR) is 92.8 cm³/mol. The van der Waals surface area contributed by atoms with E-state index in [1.165, 1.54) is 19.0 Å². The Morgan fingerprint density at radius 2 is 2.00 bits per heavy atom. The molecule has 0 unspecified atom stereocenters. The summed E-state index contributed by atoms with van der Waals surface area (Å²) < 4.78 is 10.9. The molecule has 0 aliphatic carbocycles. The molecular weight excluding hydrogens is 318 g/mol. The van der Waals surface area contributed by atoms with Crippen LogP contribution in [0.1, 0.15) is 36.0 Å². The number of fused-ring (bicyclic) bond motifs is 3. The number of nitrogens with one attached hydrogen (secondary N) is 1. The summed E-state index contributed by atoms with van der Waals surface area (Å²) in [5.41, 5.74) is 0.643. The maximum atomic E-state index is 12.6. The van der Waals surface area contributed by atoms with Crippen LogP contribution < -0.4 is 10.1 Å². The molecule has 3 aliphatic heterocycles. The van der Waals surface area contributed by atoms with Crippen LogP contribution in [0.2, 0.25) is 0 Å². The van der Waals surface area contributed by atoms with Crippen LogP contribution in [-0.4, -0.2) is 41.0 Å². The Hall–Kier alpha value is -2.34. The van der Waals surface area contributed by atoms with Crippen molar-refractivity contribution < 1.29 is 13.9 Å². The number of oxazole rings is 1. The maximum absolute atomic E-state index is 12.6. The highest BCUT2D eigenvalue weighted by atomic mass is 16.6. The average Bonchev–Trinajstić information content (AvgIpc) is 3.04. The third-order valence-electron chi connectivity index (χ3n) is 5.41. The van der Waals surface area contributed by atoms with Crippen LogP contribution in [0, 0.1) is 12.8 Å². The SMILES string of the molecule is Cc1ncc(Oc2ccc(C(=O)N[C@@H]3C4CCN(CC4)[C@H]3C)cc2)o1. The van der Waals surface area contributed by atoms with E-state index in [0.29, 0.717) is 35.1 Å². The second kappa shape index (κ2) is 6.52. The molecule has 2 bridgehead atoms. The fourth-order valence-corrected chi connectivity index (χ4v) is 3.96. The number of ether oxygens (including phenoxy) is 1. The van der Waals surface area contributed by atoms with E-state index >= 15 is 0 Å². The van der Waals surface area contributed by atoms with E-state index in [-0.39, 0.29) is 11.9 Å². The van der Waals surface area contributed by atoms with Crippen molar-refractivity contribution in [2.75, 3.05) is 13.1 Å². The summed E-state index contributed by atoms with van der Waals surface area (Å²) in [7, 11) is 0. The minimum absolute atomic E-state index is 0.0207. The number of rotatable bonds is 4. The van der Waals surface area contributed by atoms with Crippen molar-refractivity contribution in [2.45, 2.75) is 38.8 Å². The molecule has 3 saturated heterocycles. The van der Waals surface area contributed by atoms with Crippen LogP contribution in [0.4, 0.5) is 0 Å². The number of hydrogen-bond acceptors (Lipinski definition) is 5. The number of carbonyl (C=O) groups excluding carboxylic acids is 1. The third kappa shape index (κ3) is 3.26. The molecule has 1 aromatic carbocycles. The molecule has 25 heavy (non-hydrogen) atoms. The molecule has 1 N–H and O–H groups in total. The minimum atomic E-state index is -0.0207. The van der Waals surface area contributed by atoms with Gasteiger partial charge in [0.15, 0.2) is 5.89 Å². The minimum Gasteiger partial charge on any atom is -0.425 e. The zero-order valence-electron chi connectivity index (χ0n) is 14.6.